The number of nitrogens with zero attached hydrogens (tertiary/aromatic N) is 1. The molecule has 1 aromatic heterocycles. The molecule has 17 heavy (non-hydrogen) atoms. The fraction of sp³-hybridized carbons (Fsp3) is 0.769. The van der Waals surface area contributed by atoms with Crippen LogP contribution in [-0.2, 0) is 13.0 Å². The molecule has 4 heteroatoms. The van der Waals surface area contributed by atoms with Gasteiger partial charge in [0.2, 0.25) is 0 Å². The third kappa shape index (κ3) is 3.76. The van der Waals surface area contributed by atoms with Gasteiger partial charge in [0, 0.05) is 18.5 Å². The first-order chi connectivity index (χ1) is 8.22. The van der Waals surface area contributed by atoms with Crippen LogP contribution in [0.25, 0.3) is 0 Å². The van der Waals surface area contributed by atoms with E-state index in [4.69, 9.17) is 0 Å². The molecule has 1 fully saturated rings. The van der Waals surface area contributed by atoms with E-state index >= 15 is 0 Å². The maximum Gasteiger partial charge on any atom is 0.0926 e. The van der Waals surface area contributed by atoms with Crippen LogP contribution in [0, 0.1) is 5.41 Å². The van der Waals surface area contributed by atoms with Crippen molar-refractivity contribution in [2.24, 2.45) is 5.41 Å². The van der Waals surface area contributed by atoms with Crippen molar-refractivity contribution in [1.82, 2.24) is 15.6 Å². The Balaban J connectivity index is 1.74. The second kappa shape index (κ2) is 5.94. The van der Waals surface area contributed by atoms with Gasteiger partial charge in [0.1, 0.15) is 0 Å². The highest BCUT2D eigenvalue weighted by atomic mass is 32.1. The first kappa shape index (κ1) is 13.0. The lowest BCUT2D eigenvalue weighted by molar-refractivity contribution is 0.220. The van der Waals surface area contributed by atoms with Crippen molar-refractivity contribution in [3.05, 3.63) is 16.1 Å². The van der Waals surface area contributed by atoms with Crippen LogP contribution in [0.15, 0.2) is 5.38 Å². The van der Waals surface area contributed by atoms with Crippen LogP contribution in [0.3, 0.4) is 0 Å². The molecule has 1 aliphatic heterocycles. The number of hydrogen-bond donors (Lipinski definition) is 2. The van der Waals surface area contributed by atoms with Crippen LogP contribution in [0.2, 0.25) is 0 Å². The highest BCUT2D eigenvalue weighted by Gasteiger charge is 2.25. The molecule has 1 aromatic rings. The molecular formula is C13H23N3S. The number of aryl methyl sites for hydroxylation is 1. The molecule has 0 amide bonds. The van der Waals surface area contributed by atoms with Crippen molar-refractivity contribution >= 4 is 11.3 Å². The third-order valence-electron chi connectivity index (χ3n) is 3.57. The number of rotatable bonds is 5. The van der Waals surface area contributed by atoms with Crippen molar-refractivity contribution in [2.45, 2.75) is 39.7 Å². The van der Waals surface area contributed by atoms with E-state index < -0.39 is 0 Å². The minimum Gasteiger partial charge on any atom is -0.317 e. The van der Waals surface area contributed by atoms with Crippen molar-refractivity contribution in [3.63, 3.8) is 0 Å². The van der Waals surface area contributed by atoms with Gasteiger partial charge in [0.15, 0.2) is 0 Å². The van der Waals surface area contributed by atoms with Gasteiger partial charge >= 0.3 is 0 Å². The van der Waals surface area contributed by atoms with Crippen LogP contribution in [0.5, 0.6) is 0 Å². The zero-order valence-electron chi connectivity index (χ0n) is 10.9. The highest BCUT2D eigenvalue weighted by molar-refractivity contribution is 7.09. The van der Waals surface area contributed by atoms with Crippen LogP contribution >= 0.6 is 11.3 Å². The van der Waals surface area contributed by atoms with Crippen LogP contribution in [0.4, 0.5) is 0 Å². The quantitative estimate of drug-likeness (QED) is 0.844. The molecule has 0 saturated carbocycles. The van der Waals surface area contributed by atoms with Gasteiger partial charge in [0.25, 0.3) is 0 Å². The largest absolute Gasteiger partial charge is 0.317 e. The monoisotopic (exact) mass is 253 g/mol. The van der Waals surface area contributed by atoms with E-state index in [2.05, 4.69) is 34.8 Å². The van der Waals surface area contributed by atoms with E-state index in [-0.39, 0.29) is 0 Å². The molecule has 0 aromatic carbocycles. The Labute approximate surface area is 108 Å². The van der Waals surface area contributed by atoms with Gasteiger partial charge in [-0.3, -0.25) is 0 Å². The van der Waals surface area contributed by atoms with Crippen LogP contribution in [-0.4, -0.2) is 24.6 Å². The lowest BCUT2D eigenvalue weighted by atomic mass is 9.81. The zero-order chi connectivity index (χ0) is 12.1. The molecular weight excluding hydrogens is 230 g/mol. The summed E-state index contributed by atoms with van der Waals surface area (Å²) in [4.78, 5) is 4.58. The maximum atomic E-state index is 4.58. The van der Waals surface area contributed by atoms with E-state index in [9.17, 15) is 0 Å². The minimum absolute atomic E-state index is 0.467. The Hall–Kier alpha value is -0.450. The smallest absolute Gasteiger partial charge is 0.0926 e. The summed E-state index contributed by atoms with van der Waals surface area (Å²) in [6.45, 7) is 8.89. The SMILES string of the molecule is CCc1nc(CNCC2(C)CCNCC2)cs1. The first-order valence-electron chi connectivity index (χ1n) is 6.56. The van der Waals surface area contributed by atoms with Gasteiger partial charge in [-0.1, -0.05) is 13.8 Å². The van der Waals surface area contributed by atoms with E-state index in [1.807, 2.05) is 0 Å². The van der Waals surface area contributed by atoms with E-state index in [0.717, 1.165) is 32.6 Å². The molecule has 1 aliphatic rings. The number of nitrogens with one attached hydrogen (secondary N) is 2. The summed E-state index contributed by atoms with van der Waals surface area (Å²) >= 11 is 1.77. The Morgan fingerprint density at radius 3 is 2.88 bits per heavy atom. The topological polar surface area (TPSA) is 37.0 Å². The summed E-state index contributed by atoms with van der Waals surface area (Å²) in [7, 11) is 0. The molecule has 0 unspecified atom stereocenters. The maximum absolute atomic E-state index is 4.58. The first-order valence-corrected chi connectivity index (χ1v) is 7.44. The van der Waals surface area contributed by atoms with Crippen LogP contribution < -0.4 is 10.6 Å². The van der Waals surface area contributed by atoms with Gasteiger partial charge in [-0.25, -0.2) is 4.98 Å². The lowest BCUT2D eigenvalue weighted by Crippen LogP contribution is -2.41. The van der Waals surface area contributed by atoms with E-state index in [1.165, 1.54) is 23.5 Å². The molecule has 3 nitrogen and oxygen atoms in total. The Kier molecular flexibility index (Phi) is 4.54. The number of thiazole rings is 1. The Morgan fingerprint density at radius 1 is 1.47 bits per heavy atom. The summed E-state index contributed by atoms with van der Waals surface area (Å²) in [6, 6.07) is 0. The molecule has 0 spiro atoms. The van der Waals surface area contributed by atoms with Gasteiger partial charge in [-0.05, 0) is 37.8 Å². The van der Waals surface area contributed by atoms with Crippen molar-refractivity contribution in [2.75, 3.05) is 19.6 Å². The van der Waals surface area contributed by atoms with Crippen molar-refractivity contribution < 1.29 is 0 Å². The lowest BCUT2D eigenvalue weighted by Gasteiger charge is -2.34. The highest BCUT2D eigenvalue weighted by Crippen LogP contribution is 2.26. The standard InChI is InChI=1S/C13H23N3S/c1-3-12-16-11(9-17-12)8-15-10-13(2)4-6-14-7-5-13/h9,14-15H,3-8,10H2,1-2H3. The van der Waals surface area contributed by atoms with E-state index in [1.54, 1.807) is 11.3 Å². The van der Waals surface area contributed by atoms with E-state index in [0.29, 0.717) is 5.41 Å². The molecule has 2 N–H and O–H groups in total. The molecule has 0 radical (unpaired) electrons. The van der Waals surface area contributed by atoms with Crippen molar-refractivity contribution in [1.29, 1.82) is 0 Å². The van der Waals surface area contributed by atoms with Crippen molar-refractivity contribution in [3.8, 4) is 0 Å². The second-order valence-electron chi connectivity index (χ2n) is 5.25. The summed E-state index contributed by atoms with van der Waals surface area (Å²) < 4.78 is 0. The average molecular weight is 253 g/mol. The second-order valence-corrected chi connectivity index (χ2v) is 6.19. The summed E-state index contributed by atoms with van der Waals surface area (Å²) in [5, 5.41) is 10.4. The van der Waals surface area contributed by atoms with Gasteiger partial charge in [-0.2, -0.15) is 0 Å². The molecule has 96 valence electrons. The molecule has 0 aliphatic carbocycles. The molecule has 2 rings (SSSR count). The average Bonchev–Trinajstić information content (AvgIpc) is 2.78. The Bertz CT molecular complexity index is 342. The Morgan fingerprint density at radius 2 is 2.24 bits per heavy atom. The fourth-order valence-corrected chi connectivity index (χ4v) is 3.04. The summed E-state index contributed by atoms with van der Waals surface area (Å²) in [5.74, 6) is 0. The minimum atomic E-state index is 0.467. The number of piperidine rings is 1. The predicted octanol–water partition coefficient (Wildman–Crippen LogP) is 2.18. The third-order valence-corrected chi connectivity index (χ3v) is 4.61. The normalized spacial score (nSPS) is 19.4. The summed E-state index contributed by atoms with van der Waals surface area (Å²) in [5.41, 5.74) is 1.67. The fourth-order valence-electron chi connectivity index (χ4n) is 2.29. The number of hydrogen-bond acceptors (Lipinski definition) is 4. The predicted molar refractivity (Wildman–Crippen MR) is 73.4 cm³/mol. The summed E-state index contributed by atoms with van der Waals surface area (Å²) in [6.07, 6.45) is 3.60. The molecule has 2 heterocycles. The van der Waals surface area contributed by atoms with Gasteiger partial charge in [0.05, 0.1) is 10.7 Å². The molecule has 0 bridgehead atoms. The van der Waals surface area contributed by atoms with Gasteiger partial charge in [-0.15, -0.1) is 11.3 Å². The molecule has 0 atom stereocenters. The van der Waals surface area contributed by atoms with Crippen LogP contribution in [0.1, 0.15) is 37.4 Å². The molecule has 1 saturated heterocycles. The zero-order valence-corrected chi connectivity index (χ0v) is 11.7. The number of aromatic nitrogens is 1. The van der Waals surface area contributed by atoms with Gasteiger partial charge < -0.3 is 10.6 Å².